The predicted molar refractivity (Wildman–Crippen MR) is 66.8 cm³/mol. The minimum absolute atomic E-state index is 0.0400. The summed E-state index contributed by atoms with van der Waals surface area (Å²) in [6.07, 6.45) is 3.77. The first-order valence-corrected chi connectivity index (χ1v) is 6.41. The molecule has 1 fully saturated rings. The van der Waals surface area contributed by atoms with Crippen LogP contribution in [-0.4, -0.2) is 40.3 Å². The van der Waals surface area contributed by atoms with E-state index in [1.165, 1.54) is 0 Å². The van der Waals surface area contributed by atoms with E-state index in [0.717, 1.165) is 25.7 Å². The highest BCUT2D eigenvalue weighted by Gasteiger charge is 2.26. The van der Waals surface area contributed by atoms with Crippen molar-refractivity contribution in [1.29, 1.82) is 0 Å². The van der Waals surface area contributed by atoms with E-state index in [2.05, 4.69) is 10.6 Å². The standard InChI is InChI=1S/C12H20N2O5/c1-7(8-4-2-3-5-8)13-12(19)14-9(11(17)18)6-10(15)16/h7-9H,2-6H2,1H3,(H,15,16)(H,17,18)(H2,13,14,19). The number of carboxylic acids is 2. The van der Waals surface area contributed by atoms with Crippen molar-refractivity contribution in [3.8, 4) is 0 Å². The lowest BCUT2D eigenvalue weighted by Gasteiger charge is -2.21. The predicted octanol–water partition coefficient (Wildman–Crippen LogP) is 0.792. The van der Waals surface area contributed by atoms with Crippen LogP contribution in [0.1, 0.15) is 39.0 Å². The van der Waals surface area contributed by atoms with Crippen molar-refractivity contribution in [2.24, 2.45) is 5.92 Å². The summed E-state index contributed by atoms with van der Waals surface area (Å²) in [6.45, 7) is 1.88. The molecule has 0 saturated heterocycles. The van der Waals surface area contributed by atoms with Crippen molar-refractivity contribution in [3.05, 3.63) is 0 Å². The quantitative estimate of drug-likeness (QED) is 0.570. The first-order valence-electron chi connectivity index (χ1n) is 6.41. The van der Waals surface area contributed by atoms with Gasteiger partial charge in [0.1, 0.15) is 6.04 Å². The van der Waals surface area contributed by atoms with Crippen molar-refractivity contribution >= 4 is 18.0 Å². The Bertz CT molecular complexity index is 352. The molecule has 0 bridgehead atoms. The molecule has 1 aliphatic carbocycles. The molecular weight excluding hydrogens is 252 g/mol. The molecule has 7 nitrogen and oxygen atoms in total. The highest BCUT2D eigenvalue weighted by atomic mass is 16.4. The van der Waals surface area contributed by atoms with Crippen LogP contribution in [-0.2, 0) is 9.59 Å². The zero-order valence-electron chi connectivity index (χ0n) is 10.9. The summed E-state index contributed by atoms with van der Waals surface area (Å²) in [6, 6.07) is -2.08. The van der Waals surface area contributed by atoms with Gasteiger partial charge in [-0.2, -0.15) is 0 Å². The van der Waals surface area contributed by atoms with Gasteiger partial charge in [-0.15, -0.1) is 0 Å². The van der Waals surface area contributed by atoms with Gasteiger partial charge in [-0.25, -0.2) is 9.59 Å². The molecule has 0 aromatic heterocycles. The Morgan fingerprint density at radius 2 is 1.74 bits per heavy atom. The Morgan fingerprint density at radius 1 is 1.16 bits per heavy atom. The van der Waals surface area contributed by atoms with Gasteiger partial charge in [0, 0.05) is 6.04 Å². The number of amides is 2. The van der Waals surface area contributed by atoms with Crippen molar-refractivity contribution < 1.29 is 24.6 Å². The third-order valence-electron chi connectivity index (χ3n) is 3.45. The lowest BCUT2D eigenvalue weighted by molar-refractivity contribution is -0.145. The Kier molecular flexibility index (Phi) is 5.59. The summed E-state index contributed by atoms with van der Waals surface area (Å²) < 4.78 is 0. The maximum Gasteiger partial charge on any atom is 0.326 e. The Labute approximate surface area is 111 Å². The first kappa shape index (κ1) is 15.3. The molecular formula is C12H20N2O5. The van der Waals surface area contributed by atoms with Crippen LogP contribution in [0, 0.1) is 5.92 Å². The van der Waals surface area contributed by atoms with Gasteiger partial charge in [0.25, 0.3) is 0 Å². The number of nitrogens with one attached hydrogen (secondary N) is 2. The lowest BCUT2D eigenvalue weighted by Crippen LogP contribution is -2.50. The molecule has 108 valence electrons. The summed E-state index contributed by atoms with van der Waals surface area (Å²) in [5.41, 5.74) is 0. The average molecular weight is 272 g/mol. The topological polar surface area (TPSA) is 116 Å². The first-order chi connectivity index (χ1) is 8.90. The third-order valence-corrected chi connectivity index (χ3v) is 3.45. The van der Waals surface area contributed by atoms with E-state index in [4.69, 9.17) is 10.2 Å². The van der Waals surface area contributed by atoms with Gasteiger partial charge in [0.15, 0.2) is 0 Å². The highest BCUT2D eigenvalue weighted by molar-refractivity contribution is 5.86. The van der Waals surface area contributed by atoms with E-state index < -0.39 is 30.4 Å². The summed E-state index contributed by atoms with van der Waals surface area (Å²) in [7, 11) is 0. The van der Waals surface area contributed by atoms with Gasteiger partial charge in [-0.3, -0.25) is 4.79 Å². The number of carbonyl (C=O) groups excluding carboxylic acids is 1. The number of aliphatic carboxylic acids is 2. The van der Waals surface area contributed by atoms with Crippen LogP contribution in [0.15, 0.2) is 0 Å². The molecule has 0 radical (unpaired) electrons. The summed E-state index contributed by atoms with van der Waals surface area (Å²) in [5.74, 6) is -2.21. The van der Waals surface area contributed by atoms with Crippen LogP contribution in [0.3, 0.4) is 0 Å². The van der Waals surface area contributed by atoms with Crippen LogP contribution in [0.25, 0.3) is 0 Å². The zero-order valence-corrected chi connectivity index (χ0v) is 10.9. The van der Waals surface area contributed by atoms with E-state index in [-0.39, 0.29) is 6.04 Å². The Balaban J connectivity index is 2.43. The highest BCUT2D eigenvalue weighted by Crippen LogP contribution is 2.27. The molecule has 0 aromatic rings. The zero-order chi connectivity index (χ0) is 14.4. The number of hydrogen-bond donors (Lipinski definition) is 4. The summed E-state index contributed by atoms with van der Waals surface area (Å²) in [5, 5.41) is 22.2. The Morgan fingerprint density at radius 3 is 2.21 bits per heavy atom. The second-order valence-electron chi connectivity index (χ2n) is 4.94. The number of urea groups is 1. The van der Waals surface area contributed by atoms with Gasteiger partial charge in [0.2, 0.25) is 0 Å². The van der Waals surface area contributed by atoms with Gasteiger partial charge >= 0.3 is 18.0 Å². The van der Waals surface area contributed by atoms with Crippen molar-refractivity contribution in [2.45, 2.75) is 51.1 Å². The molecule has 2 unspecified atom stereocenters. The van der Waals surface area contributed by atoms with Crippen LogP contribution in [0.5, 0.6) is 0 Å². The molecule has 1 saturated carbocycles. The second kappa shape index (κ2) is 6.96. The summed E-state index contributed by atoms with van der Waals surface area (Å²) >= 11 is 0. The van der Waals surface area contributed by atoms with E-state index in [9.17, 15) is 14.4 Å². The lowest BCUT2D eigenvalue weighted by atomic mass is 10.0. The normalized spacial score (nSPS) is 18.6. The Hall–Kier alpha value is -1.79. The number of carboxylic acid groups (broad SMARTS) is 2. The molecule has 0 aliphatic heterocycles. The minimum atomic E-state index is -1.41. The molecule has 4 N–H and O–H groups in total. The van der Waals surface area contributed by atoms with E-state index in [1.807, 2.05) is 6.92 Å². The number of carbonyl (C=O) groups is 3. The van der Waals surface area contributed by atoms with Crippen molar-refractivity contribution in [3.63, 3.8) is 0 Å². The monoisotopic (exact) mass is 272 g/mol. The molecule has 1 aliphatic rings. The van der Waals surface area contributed by atoms with Gasteiger partial charge in [0.05, 0.1) is 6.42 Å². The maximum absolute atomic E-state index is 11.6. The molecule has 19 heavy (non-hydrogen) atoms. The molecule has 0 spiro atoms. The molecule has 0 heterocycles. The number of hydrogen-bond acceptors (Lipinski definition) is 3. The largest absolute Gasteiger partial charge is 0.481 e. The summed E-state index contributed by atoms with van der Waals surface area (Å²) in [4.78, 5) is 32.9. The molecule has 1 rings (SSSR count). The molecule has 7 heteroatoms. The second-order valence-corrected chi connectivity index (χ2v) is 4.94. The SMILES string of the molecule is CC(NC(=O)NC(CC(=O)O)C(=O)O)C1CCCC1. The van der Waals surface area contributed by atoms with Crippen LogP contribution < -0.4 is 10.6 Å². The van der Waals surface area contributed by atoms with Crippen LogP contribution >= 0.6 is 0 Å². The third kappa shape index (κ3) is 5.15. The van der Waals surface area contributed by atoms with Crippen LogP contribution in [0.2, 0.25) is 0 Å². The van der Waals surface area contributed by atoms with Crippen molar-refractivity contribution in [1.82, 2.24) is 10.6 Å². The molecule has 2 amide bonds. The fourth-order valence-electron chi connectivity index (χ4n) is 2.36. The van der Waals surface area contributed by atoms with Crippen molar-refractivity contribution in [2.75, 3.05) is 0 Å². The minimum Gasteiger partial charge on any atom is -0.481 e. The van der Waals surface area contributed by atoms with Gasteiger partial charge in [-0.1, -0.05) is 12.8 Å². The van der Waals surface area contributed by atoms with Crippen LogP contribution in [0.4, 0.5) is 4.79 Å². The smallest absolute Gasteiger partial charge is 0.326 e. The van der Waals surface area contributed by atoms with Gasteiger partial charge < -0.3 is 20.8 Å². The fourth-order valence-corrected chi connectivity index (χ4v) is 2.36. The van der Waals surface area contributed by atoms with Gasteiger partial charge in [-0.05, 0) is 25.7 Å². The maximum atomic E-state index is 11.6. The van der Waals surface area contributed by atoms with E-state index in [1.54, 1.807) is 0 Å². The molecule has 0 aromatic carbocycles. The number of rotatable bonds is 6. The average Bonchev–Trinajstić information content (AvgIpc) is 2.80. The van der Waals surface area contributed by atoms with E-state index >= 15 is 0 Å². The molecule has 2 atom stereocenters. The fraction of sp³-hybridized carbons (Fsp3) is 0.750. The van der Waals surface area contributed by atoms with E-state index in [0.29, 0.717) is 5.92 Å².